The SMILES string of the molecule is C/C=C\c1nc(-c2ccc(C#CC#CC(O)CO)cc2)cc(C(=O)NO)c1/C=N/O. The zero-order valence-corrected chi connectivity index (χ0v) is 16.0. The number of hydrogen-bond acceptors (Lipinski definition) is 7. The number of carbonyl (C=O) groups is 1. The van der Waals surface area contributed by atoms with Crippen LogP contribution in [0.25, 0.3) is 17.3 Å². The van der Waals surface area contributed by atoms with Gasteiger partial charge in [0.05, 0.1) is 29.8 Å². The highest BCUT2D eigenvalue weighted by molar-refractivity contribution is 6.04. The van der Waals surface area contributed by atoms with Gasteiger partial charge < -0.3 is 15.4 Å². The number of allylic oxidation sites excluding steroid dienone is 1. The first kappa shape index (κ1) is 22.3. The van der Waals surface area contributed by atoms with E-state index in [2.05, 4.69) is 33.8 Å². The molecule has 30 heavy (non-hydrogen) atoms. The Morgan fingerprint density at radius 2 is 2.03 bits per heavy atom. The van der Waals surface area contributed by atoms with Crippen LogP contribution in [0.4, 0.5) is 0 Å². The molecule has 1 heterocycles. The van der Waals surface area contributed by atoms with Crippen LogP contribution in [0.5, 0.6) is 0 Å². The van der Waals surface area contributed by atoms with Gasteiger partial charge in [0.25, 0.3) is 5.91 Å². The Balaban J connectivity index is 2.46. The first-order valence-electron chi connectivity index (χ1n) is 8.74. The summed E-state index contributed by atoms with van der Waals surface area (Å²) < 4.78 is 0. The summed E-state index contributed by atoms with van der Waals surface area (Å²) in [7, 11) is 0. The normalized spacial score (nSPS) is 11.5. The monoisotopic (exact) mass is 405 g/mol. The highest BCUT2D eigenvalue weighted by Gasteiger charge is 2.16. The fourth-order valence-corrected chi connectivity index (χ4v) is 2.44. The summed E-state index contributed by atoms with van der Waals surface area (Å²) in [4.78, 5) is 16.6. The Hall–Kier alpha value is -3.95. The number of benzene rings is 1. The van der Waals surface area contributed by atoms with Crippen LogP contribution in [-0.4, -0.2) is 50.4 Å². The van der Waals surface area contributed by atoms with E-state index in [4.69, 9.17) is 20.6 Å². The number of aliphatic hydroxyl groups is 2. The van der Waals surface area contributed by atoms with Crippen molar-refractivity contribution in [1.82, 2.24) is 10.5 Å². The van der Waals surface area contributed by atoms with Crippen molar-refractivity contribution < 1.29 is 25.4 Å². The van der Waals surface area contributed by atoms with Gasteiger partial charge in [-0.1, -0.05) is 35.2 Å². The maximum Gasteiger partial charge on any atom is 0.275 e. The van der Waals surface area contributed by atoms with Gasteiger partial charge in [-0.3, -0.25) is 10.0 Å². The molecule has 2 rings (SSSR count). The molecule has 1 aromatic carbocycles. The average Bonchev–Trinajstić information content (AvgIpc) is 2.77. The molecule has 8 heteroatoms. The van der Waals surface area contributed by atoms with Crippen LogP contribution in [-0.2, 0) is 0 Å². The van der Waals surface area contributed by atoms with Crippen molar-refractivity contribution in [3.63, 3.8) is 0 Å². The van der Waals surface area contributed by atoms with E-state index in [0.717, 1.165) is 6.21 Å². The molecule has 0 bridgehead atoms. The highest BCUT2D eigenvalue weighted by atomic mass is 16.5. The summed E-state index contributed by atoms with van der Waals surface area (Å²) in [5.74, 6) is 9.44. The van der Waals surface area contributed by atoms with Gasteiger partial charge in [0.2, 0.25) is 0 Å². The quantitative estimate of drug-likeness (QED) is 0.168. The second kappa shape index (κ2) is 11.1. The number of rotatable bonds is 5. The van der Waals surface area contributed by atoms with Gasteiger partial charge in [-0.25, -0.2) is 10.5 Å². The van der Waals surface area contributed by atoms with E-state index in [9.17, 15) is 4.79 Å². The third kappa shape index (κ3) is 5.77. The van der Waals surface area contributed by atoms with Crippen LogP contribution in [0.3, 0.4) is 0 Å². The van der Waals surface area contributed by atoms with Crippen LogP contribution >= 0.6 is 0 Å². The lowest BCUT2D eigenvalue weighted by Crippen LogP contribution is -2.21. The average molecular weight is 405 g/mol. The largest absolute Gasteiger partial charge is 0.411 e. The van der Waals surface area contributed by atoms with Crippen LogP contribution in [0.2, 0.25) is 0 Å². The number of nitrogens with zero attached hydrogens (tertiary/aromatic N) is 2. The molecule has 0 radical (unpaired) electrons. The van der Waals surface area contributed by atoms with Crippen molar-refractivity contribution in [3.05, 3.63) is 58.8 Å². The molecule has 0 aliphatic heterocycles. The standard InChI is InChI=1S/C22H19N3O5/c1-2-5-20-19(13-23-29)18(22(28)25-30)12-21(24-20)16-10-8-15(9-11-16)6-3-4-7-17(27)14-26/h2,5,8-13,17,26-27,29-30H,14H2,1H3,(H,25,28)/b5-2-,23-13+. The Labute approximate surface area is 173 Å². The number of oxime groups is 1. The lowest BCUT2D eigenvalue weighted by atomic mass is 10.0. The van der Waals surface area contributed by atoms with E-state index in [-0.39, 0.29) is 11.1 Å². The zero-order valence-electron chi connectivity index (χ0n) is 16.0. The van der Waals surface area contributed by atoms with E-state index < -0.39 is 18.6 Å². The number of aliphatic hydroxyl groups excluding tert-OH is 2. The minimum atomic E-state index is -1.12. The predicted octanol–water partition coefficient (Wildman–Crippen LogP) is 1.42. The molecule has 0 aliphatic rings. The van der Waals surface area contributed by atoms with Crippen molar-refractivity contribution in [1.29, 1.82) is 0 Å². The number of pyridine rings is 1. The number of hydroxylamine groups is 1. The highest BCUT2D eigenvalue weighted by Crippen LogP contribution is 2.23. The number of carbonyl (C=O) groups excluding carboxylic acids is 1. The fourth-order valence-electron chi connectivity index (χ4n) is 2.44. The molecule has 1 amide bonds. The molecule has 0 saturated heterocycles. The Kier molecular flexibility index (Phi) is 8.30. The Morgan fingerprint density at radius 1 is 1.30 bits per heavy atom. The summed E-state index contributed by atoms with van der Waals surface area (Å²) in [5, 5.41) is 38.8. The van der Waals surface area contributed by atoms with E-state index in [0.29, 0.717) is 22.5 Å². The minimum Gasteiger partial charge on any atom is -0.411 e. The summed E-state index contributed by atoms with van der Waals surface area (Å²) in [6, 6.07) is 8.44. The third-order valence-corrected chi connectivity index (χ3v) is 3.81. The summed E-state index contributed by atoms with van der Waals surface area (Å²) in [6.07, 6.45) is 3.32. The van der Waals surface area contributed by atoms with Gasteiger partial charge in [-0.2, -0.15) is 0 Å². The molecule has 2 aromatic rings. The van der Waals surface area contributed by atoms with Gasteiger partial charge in [0, 0.05) is 16.7 Å². The molecule has 5 N–H and O–H groups in total. The topological polar surface area (TPSA) is 135 Å². The van der Waals surface area contributed by atoms with Gasteiger partial charge in [-0.15, -0.1) is 0 Å². The third-order valence-electron chi connectivity index (χ3n) is 3.81. The molecule has 1 atom stereocenters. The van der Waals surface area contributed by atoms with Crippen molar-refractivity contribution in [2.24, 2.45) is 5.16 Å². The summed E-state index contributed by atoms with van der Waals surface area (Å²) in [6.45, 7) is 1.32. The van der Waals surface area contributed by atoms with Crippen molar-refractivity contribution in [2.45, 2.75) is 13.0 Å². The van der Waals surface area contributed by atoms with Gasteiger partial charge in [0.15, 0.2) is 0 Å². The number of hydrogen-bond donors (Lipinski definition) is 5. The molecule has 0 aliphatic carbocycles. The second-order valence-corrected chi connectivity index (χ2v) is 5.83. The number of nitrogens with one attached hydrogen (secondary N) is 1. The van der Waals surface area contributed by atoms with Gasteiger partial charge >= 0.3 is 0 Å². The van der Waals surface area contributed by atoms with Crippen molar-refractivity contribution in [3.8, 4) is 34.9 Å². The van der Waals surface area contributed by atoms with E-state index in [1.807, 2.05) is 0 Å². The molecule has 1 aromatic heterocycles. The summed E-state index contributed by atoms with van der Waals surface area (Å²) in [5.41, 5.74) is 4.10. The molecule has 0 fully saturated rings. The van der Waals surface area contributed by atoms with Crippen molar-refractivity contribution in [2.75, 3.05) is 6.61 Å². The second-order valence-electron chi connectivity index (χ2n) is 5.83. The molecule has 1 unspecified atom stereocenters. The molecule has 152 valence electrons. The van der Waals surface area contributed by atoms with Crippen LogP contribution in [0, 0.1) is 23.7 Å². The number of amides is 1. The maximum atomic E-state index is 12.1. The molecule has 8 nitrogen and oxygen atoms in total. The lowest BCUT2D eigenvalue weighted by molar-refractivity contribution is 0.0706. The van der Waals surface area contributed by atoms with E-state index in [1.165, 1.54) is 6.07 Å². The van der Waals surface area contributed by atoms with E-state index >= 15 is 0 Å². The minimum absolute atomic E-state index is 0.0787. The van der Waals surface area contributed by atoms with Crippen LogP contribution in [0.1, 0.15) is 34.1 Å². The van der Waals surface area contributed by atoms with E-state index in [1.54, 1.807) is 48.8 Å². The number of aromatic nitrogens is 1. The lowest BCUT2D eigenvalue weighted by Gasteiger charge is -2.11. The smallest absolute Gasteiger partial charge is 0.275 e. The molecule has 0 spiro atoms. The van der Waals surface area contributed by atoms with Crippen LogP contribution < -0.4 is 5.48 Å². The predicted molar refractivity (Wildman–Crippen MR) is 111 cm³/mol. The molecular weight excluding hydrogens is 386 g/mol. The van der Waals surface area contributed by atoms with Gasteiger partial charge in [0.1, 0.15) is 6.10 Å². The first-order valence-corrected chi connectivity index (χ1v) is 8.74. The van der Waals surface area contributed by atoms with Crippen molar-refractivity contribution >= 4 is 18.2 Å². The maximum absolute atomic E-state index is 12.1. The Morgan fingerprint density at radius 3 is 2.63 bits per heavy atom. The summed E-state index contributed by atoms with van der Waals surface area (Å²) >= 11 is 0. The Bertz CT molecular complexity index is 1080. The zero-order chi connectivity index (χ0) is 21.9. The molecule has 0 saturated carbocycles. The molecular formula is C22H19N3O5. The van der Waals surface area contributed by atoms with Crippen LogP contribution in [0.15, 0.2) is 41.6 Å². The fraction of sp³-hybridized carbons (Fsp3) is 0.136. The van der Waals surface area contributed by atoms with Gasteiger partial charge in [-0.05, 0) is 43.0 Å². The first-order chi connectivity index (χ1) is 14.5.